The van der Waals surface area contributed by atoms with E-state index in [0.717, 1.165) is 51.5 Å². The standard InChI is InChI=1S/C16H31N5S.HI/c1-5-11-21(7-3)12-10-19-16(17-4)18-9-8-15-20-13-14(6-2)22-15;/h13H,5-12H2,1-4H3,(H2,17,18,19);1H. The molecule has 0 fully saturated rings. The number of aliphatic imine (C=N–C) groups is 1. The number of hydrogen-bond donors (Lipinski definition) is 2. The molecule has 0 atom stereocenters. The lowest BCUT2D eigenvalue weighted by atomic mass is 10.4. The molecule has 7 heteroatoms. The molecule has 0 saturated carbocycles. The maximum Gasteiger partial charge on any atom is 0.191 e. The van der Waals surface area contributed by atoms with Crippen LogP contribution in [0.25, 0.3) is 0 Å². The minimum absolute atomic E-state index is 0. The summed E-state index contributed by atoms with van der Waals surface area (Å²) in [6.45, 7) is 11.7. The van der Waals surface area contributed by atoms with E-state index in [1.165, 1.54) is 16.3 Å². The van der Waals surface area contributed by atoms with E-state index >= 15 is 0 Å². The summed E-state index contributed by atoms with van der Waals surface area (Å²) in [5.74, 6) is 0.875. The van der Waals surface area contributed by atoms with Crippen molar-refractivity contribution in [2.45, 2.75) is 40.0 Å². The van der Waals surface area contributed by atoms with Gasteiger partial charge in [-0.05, 0) is 25.9 Å². The zero-order chi connectivity index (χ0) is 16.2. The molecular weight excluding hydrogens is 421 g/mol. The lowest BCUT2D eigenvalue weighted by Crippen LogP contribution is -2.42. The Bertz CT molecular complexity index is 436. The van der Waals surface area contributed by atoms with Gasteiger partial charge in [0.15, 0.2) is 5.96 Å². The van der Waals surface area contributed by atoms with Gasteiger partial charge < -0.3 is 15.5 Å². The summed E-state index contributed by atoms with van der Waals surface area (Å²) < 4.78 is 0. The maximum atomic E-state index is 4.44. The highest BCUT2D eigenvalue weighted by Crippen LogP contribution is 2.13. The van der Waals surface area contributed by atoms with Crippen LogP contribution >= 0.6 is 35.3 Å². The summed E-state index contributed by atoms with van der Waals surface area (Å²) in [6.07, 6.45) is 5.21. The summed E-state index contributed by atoms with van der Waals surface area (Å²) in [5.41, 5.74) is 0. The van der Waals surface area contributed by atoms with E-state index in [2.05, 4.69) is 46.3 Å². The van der Waals surface area contributed by atoms with Gasteiger partial charge in [-0.2, -0.15) is 0 Å². The highest BCUT2D eigenvalue weighted by atomic mass is 127. The van der Waals surface area contributed by atoms with Crippen molar-refractivity contribution in [1.29, 1.82) is 0 Å². The average molecular weight is 453 g/mol. The molecule has 0 saturated heterocycles. The van der Waals surface area contributed by atoms with Gasteiger partial charge in [0, 0.05) is 44.2 Å². The predicted molar refractivity (Wildman–Crippen MR) is 112 cm³/mol. The van der Waals surface area contributed by atoms with E-state index in [1.54, 1.807) is 11.3 Å². The van der Waals surface area contributed by atoms with Crippen LogP contribution in [0.3, 0.4) is 0 Å². The van der Waals surface area contributed by atoms with E-state index in [4.69, 9.17) is 0 Å². The van der Waals surface area contributed by atoms with Crippen molar-refractivity contribution in [1.82, 2.24) is 20.5 Å². The lowest BCUT2D eigenvalue weighted by molar-refractivity contribution is 0.293. The molecule has 1 aromatic rings. The molecule has 0 radical (unpaired) electrons. The number of nitrogens with zero attached hydrogens (tertiary/aromatic N) is 3. The van der Waals surface area contributed by atoms with E-state index in [1.807, 2.05) is 13.2 Å². The van der Waals surface area contributed by atoms with Gasteiger partial charge in [0.25, 0.3) is 0 Å². The van der Waals surface area contributed by atoms with Crippen LogP contribution in [0.1, 0.15) is 37.1 Å². The summed E-state index contributed by atoms with van der Waals surface area (Å²) in [4.78, 5) is 12.5. The molecule has 1 heterocycles. The number of thiazole rings is 1. The predicted octanol–water partition coefficient (Wildman–Crippen LogP) is 2.76. The first-order valence-electron chi connectivity index (χ1n) is 8.33. The first kappa shape index (κ1) is 22.6. The molecule has 0 aliphatic carbocycles. The summed E-state index contributed by atoms with van der Waals surface area (Å²) >= 11 is 1.80. The zero-order valence-corrected chi connectivity index (χ0v) is 18.0. The first-order chi connectivity index (χ1) is 10.7. The van der Waals surface area contributed by atoms with Gasteiger partial charge in [0.05, 0.1) is 5.01 Å². The van der Waals surface area contributed by atoms with Crippen molar-refractivity contribution < 1.29 is 0 Å². The quantitative estimate of drug-likeness (QED) is 0.325. The van der Waals surface area contributed by atoms with Crippen molar-refractivity contribution in [3.05, 3.63) is 16.1 Å². The summed E-state index contributed by atoms with van der Waals surface area (Å²) in [6, 6.07) is 0. The highest BCUT2D eigenvalue weighted by Gasteiger charge is 2.03. The summed E-state index contributed by atoms with van der Waals surface area (Å²) in [5, 5.41) is 7.93. The van der Waals surface area contributed by atoms with Crippen LogP contribution in [0, 0.1) is 0 Å². The molecule has 2 N–H and O–H groups in total. The number of halogens is 1. The molecule has 0 bridgehead atoms. The van der Waals surface area contributed by atoms with Crippen LogP contribution in [0.2, 0.25) is 0 Å². The second kappa shape index (κ2) is 14.0. The molecule has 0 aliphatic rings. The van der Waals surface area contributed by atoms with Gasteiger partial charge in [0.1, 0.15) is 0 Å². The second-order valence-electron chi connectivity index (χ2n) is 5.18. The van der Waals surface area contributed by atoms with Gasteiger partial charge in [-0.1, -0.05) is 20.8 Å². The Hall–Kier alpha value is -0.410. The van der Waals surface area contributed by atoms with Crippen molar-refractivity contribution in [2.24, 2.45) is 4.99 Å². The van der Waals surface area contributed by atoms with Gasteiger partial charge in [-0.15, -0.1) is 35.3 Å². The van der Waals surface area contributed by atoms with Crippen LogP contribution in [0.5, 0.6) is 0 Å². The number of guanidine groups is 1. The van der Waals surface area contributed by atoms with Crippen molar-refractivity contribution in [3.63, 3.8) is 0 Å². The number of aromatic nitrogens is 1. The molecule has 0 amide bonds. The Morgan fingerprint density at radius 2 is 1.96 bits per heavy atom. The Balaban J connectivity index is 0.00000484. The second-order valence-corrected chi connectivity index (χ2v) is 6.38. The minimum atomic E-state index is 0. The molecule has 0 unspecified atom stereocenters. The largest absolute Gasteiger partial charge is 0.356 e. The van der Waals surface area contributed by atoms with Crippen molar-refractivity contribution >= 4 is 41.3 Å². The Morgan fingerprint density at radius 3 is 2.52 bits per heavy atom. The van der Waals surface area contributed by atoms with Gasteiger partial charge in [0.2, 0.25) is 0 Å². The fraction of sp³-hybridized carbons (Fsp3) is 0.750. The summed E-state index contributed by atoms with van der Waals surface area (Å²) in [7, 11) is 1.82. The lowest BCUT2D eigenvalue weighted by Gasteiger charge is -2.20. The molecule has 0 spiro atoms. The third kappa shape index (κ3) is 9.46. The Labute approximate surface area is 162 Å². The van der Waals surface area contributed by atoms with Crippen LogP contribution < -0.4 is 10.6 Å². The zero-order valence-electron chi connectivity index (χ0n) is 14.9. The van der Waals surface area contributed by atoms with E-state index in [0.29, 0.717) is 0 Å². The van der Waals surface area contributed by atoms with Crippen molar-refractivity contribution in [3.8, 4) is 0 Å². The number of aryl methyl sites for hydroxylation is 1. The smallest absolute Gasteiger partial charge is 0.191 e. The first-order valence-corrected chi connectivity index (χ1v) is 9.15. The third-order valence-corrected chi connectivity index (χ3v) is 4.71. The molecule has 1 aromatic heterocycles. The van der Waals surface area contributed by atoms with E-state index in [-0.39, 0.29) is 24.0 Å². The molecule has 0 aromatic carbocycles. The fourth-order valence-electron chi connectivity index (χ4n) is 2.21. The van der Waals surface area contributed by atoms with E-state index < -0.39 is 0 Å². The van der Waals surface area contributed by atoms with E-state index in [9.17, 15) is 0 Å². The topological polar surface area (TPSA) is 52.5 Å². The van der Waals surface area contributed by atoms with Crippen LogP contribution in [-0.2, 0) is 12.8 Å². The number of likely N-dealkylation sites (N-methyl/N-ethyl adjacent to an activating group) is 1. The number of hydrogen-bond acceptors (Lipinski definition) is 4. The molecular formula is C16H32IN5S. The Kier molecular flexibility index (Phi) is 13.7. The molecule has 5 nitrogen and oxygen atoms in total. The van der Waals surface area contributed by atoms with Crippen LogP contribution in [-0.4, -0.2) is 55.6 Å². The highest BCUT2D eigenvalue weighted by molar-refractivity contribution is 14.0. The molecule has 134 valence electrons. The van der Waals surface area contributed by atoms with Crippen molar-refractivity contribution in [2.75, 3.05) is 39.8 Å². The SMILES string of the molecule is CCCN(CC)CCNC(=NC)NCCc1ncc(CC)s1.I. The average Bonchev–Trinajstić information content (AvgIpc) is 3.00. The monoisotopic (exact) mass is 453 g/mol. The third-order valence-electron chi connectivity index (χ3n) is 3.51. The molecule has 0 aliphatic heterocycles. The van der Waals surface area contributed by atoms with Crippen LogP contribution in [0.15, 0.2) is 11.2 Å². The molecule has 1 rings (SSSR count). The normalized spacial score (nSPS) is 11.4. The number of rotatable bonds is 10. The minimum Gasteiger partial charge on any atom is -0.356 e. The number of nitrogens with one attached hydrogen (secondary N) is 2. The maximum absolute atomic E-state index is 4.44. The van der Waals surface area contributed by atoms with Gasteiger partial charge in [-0.25, -0.2) is 4.98 Å². The van der Waals surface area contributed by atoms with Gasteiger partial charge in [-0.3, -0.25) is 4.99 Å². The molecule has 23 heavy (non-hydrogen) atoms. The van der Waals surface area contributed by atoms with Crippen LogP contribution in [0.4, 0.5) is 0 Å². The van der Waals surface area contributed by atoms with Gasteiger partial charge >= 0.3 is 0 Å². The fourth-order valence-corrected chi connectivity index (χ4v) is 3.07. The Morgan fingerprint density at radius 1 is 1.22 bits per heavy atom.